The molecule has 0 unspecified atom stereocenters. The smallest absolute Gasteiger partial charge is 0.255 e. The van der Waals surface area contributed by atoms with Crippen LogP contribution in [-0.2, 0) is 14.8 Å². The zero-order valence-electron chi connectivity index (χ0n) is 16.3. The van der Waals surface area contributed by atoms with Gasteiger partial charge < -0.3 is 10.6 Å². The van der Waals surface area contributed by atoms with Crippen LogP contribution in [0.3, 0.4) is 0 Å². The highest BCUT2D eigenvalue weighted by molar-refractivity contribution is 7.89. The Kier molecular flexibility index (Phi) is 6.66. The van der Waals surface area contributed by atoms with Crippen molar-refractivity contribution in [3.8, 4) is 0 Å². The molecule has 1 aliphatic heterocycles. The Hall–Kier alpha value is -2.71. The van der Waals surface area contributed by atoms with Gasteiger partial charge in [0.1, 0.15) is 0 Å². The Morgan fingerprint density at radius 3 is 2.28 bits per heavy atom. The number of nitrogens with zero attached hydrogens (tertiary/aromatic N) is 1. The molecular weight excluding hydrogens is 390 g/mol. The van der Waals surface area contributed by atoms with Gasteiger partial charge in [-0.05, 0) is 55.3 Å². The summed E-state index contributed by atoms with van der Waals surface area (Å²) in [5.74, 6) is -0.475. The molecule has 29 heavy (non-hydrogen) atoms. The van der Waals surface area contributed by atoms with Gasteiger partial charge in [-0.2, -0.15) is 4.31 Å². The highest BCUT2D eigenvalue weighted by atomic mass is 32.2. The molecule has 7 nitrogen and oxygen atoms in total. The first-order valence-electron chi connectivity index (χ1n) is 9.71. The number of carbonyl (C=O) groups excluding carboxylic acids is 2. The van der Waals surface area contributed by atoms with E-state index in [2.05, 4.69) is 10.6 Å². The Bertz CT molecular complexity index is 981. The van der Waals surface area contributed by atoms with Crippen LogP contribution in [0.2, 0.25) is 0 Å². The predicted octanol–water partition coefficient (Wildman–Crippen LogP) is 3.46. The van der Waals surface area contributed by atoms with Gasteiger partial charge in [-0.3, -0.25) is 9.59 Å². The number of benzene rings is 2. The molecule has 154 valence electrons. The van der Waals surface area contributed by atoms with Crippen molar-refractivity contribution in [3.05, 3.63) is 54.1 Å². The minimum Gasteiger partial charge on any atom is -0.326 e. The first-order valence-corrected chi connectivity index (χ1v) is 11.2. The van der Waals surface area contributed by atoms with Crippen LogP contribution in [0.5, 0.6) is 0 Å². The van der Waals surface area contributed by atoms with E-state index in [1.165, 1.54) is 16.4 Å². The summed E-state index contributed by atoms with van der Waals surface area (Å²) in [6.07, 6.45) is 3.17. The van der Waals surface area contributed by atoms with Gasteiger partial charge in [0, 0.05) is 36.4 Å². The molecule has 3 rings (SSSR count). The largest absolute Gasteiger partial charge is 0.326 e. The fourth-order valence-corrected chi connectivity index (χ4v) is 4.67. The zero-order valence-corrected chi connectivity index (χ0v) is 17.2. The second-order valence-electron chi connectivity index (χ2n) is 6.93. The summed E-state index contributed by atoms with van der Waals surface area (Å²) in [6.45, 7) is 2.85. The lowest BCUT2D eigenvalue weighted by Gasteiger charge is -2.25. The minimum absolute atomic E-state index is 0.131. The second-order valence-corrected chi connectivity index (χ2v) is 8.86. The van der Waals surface area contributed by atoms with Crippen molar-refractivity contribution in [2.75, 3.05) is 23.7 Å². The maximum absolute atomic E-state index is 12.7. The molecule has 0 atom stereocenters. The van der Waals surface area contributed by atoms with E-state index in [0.29, 0.717) is 36.4 Å². The summed E-state index contributed by atoms with van der Waals surface area (Å²) < 4.78 is 26.9. The van der Waals surface area contributed by atoms with E-state index in [-0.39, 0.29) is 16.7 Å². The quantitative estimate of drug-likeness (QED) is 0.755. The second kappa shape index (κ2) is 9.19. The molecule has 1 saturated heterocycles. The van der Waals surface area contributed by atoms with Gasteiger partial charge in [0.2, 0.25) is 15.9 Å². The number of amides is 2. The predicted molar refractivity (Wildman–Crippen MR) is 112 cm³/mol. The van der Waals surface area contributed by atoms with Gasteiger partial charge in [-0.15, -0.1) is 0 Å². The van der Waals surface area contributed by atoms with Gasteiger partial charge in [-0.1, -0.05) is 19.4 Å². The molecule has 8 heteroatoms. The van der Waals surface area contributed by atoms with Crippen LogP contribution in [0.25, 0.3) is 0 Å². The summed E-state index contributed by atoms with van der Waals surface area (Å²) in [6, 6.07) is 12.8. The van der Waals surface area contributed by atoms with Crippen molar-refractivity contribution in [2.45, 2.75) is 37.5 Å². The van der Waals surface area contributed by atoms with Crippen molar-refractivity contribution in [1.82, 2.24) is 4.31 Å². The average Bonchev–Trinajstić information content (AvgIpc) is 2.75. The minimum atomic E-state index is -3.50. The van der Waals surface area contributed by atoms with Crippen LogP contribution in [0.15, 0.2) is 53.4 Å². The van der Waals surface area contributed by atoms with Crippen molar-refractivity contribution < 1.29 is 18.0 Å². The first kappa shape index (κ1) is 21.0. The van der Waals surface area contributed by atoms with Gasteiger partial charge in [0.15, 0.2) is 0 Å². The molecule has 1 aliphatic rings. The lowest BCUT2D eigenvalue weighted by atomic mass is 10.1. The van der Waals surface area contributed by atoms with E-state index in [1.54, 1.807) is 43.3 Å². The third-order valence-corrected chi connectivity index (χ3v) is 6.71. The molecule has 0 aliphatic carbocycles. The van der Waals surface area contributed by atoms with Crippen LogP contribution < -0.4 is 10.6 Å². The average molecular weight is 416 g/mol. The van der Waals surface area contributed by atoms with E-state index >= 15 is 0 Å². The topological polar surface area (TPSA) is 95.6 Å². The summed E-state index contributed by atoms with van der Waals surface area (Å²) in [4.78, 5) is 24.2. The number of hydrogen-bond donors (Lipinski definition) is 2. The zero-order chi connectivity index (χ0) is 20.9. The highest BCUT2D eigenvalue weighted by Crippen LogP contribution is 2.22. The normalized spacial score (nSPS) is 14.9. The number of nitrogens with one attached hydrogen (secondary N) is 2. The Balaban J connectivity index is 1.69. The number of anilines is 2. The molecule has 0 radical (unpaired) electrons. The SMILES string of the molecule is CCC(=O)Nc1cccc(C(=O)Nc2ccc(S(=O)(=O)N3CCCCC3)cc2)c1. The van der Waals surface area contributed by atoms with Gasteiger partial charge in [0.05, 0.1) is 4.90 Å². The summed E-state index contributed by atoms with van der Waals surface area (Å²) in [5, 5.41) is 5.47. The van der Waals surface area contributed by atoms with Gasteiger partial charge in [0.25, 0.3) is 5.91 Å². The van der Waals surface area contributed by atoms with Crippen molar-refractivity contribution in [2.24, 2.45) is 0 Å². The molecule has 2 aromatic carbocycles. The van der Waals surface area contributed by atoms with Crippen LogP contribution in [0.1, 0.15) is 43.0 Å². The van der Waals surface area contributed by atoms with Crippen molar-refractivity contribution in [1.29, 1.82) is 0 Å². The molecule has 0 spiro atoms. The Morgan fingerprint density at radius 2 is 1.62 bits per heavy atom. The first-order chi connectivity index (χ1) is 13.9. The van der Waals surface area contributed by atoms with Crippen LogP contribution in [0.4, 0.5) is 11.4 Å². The fourth-order valence-electron chi connectivity index (χ4n) is 3.16. The molecule has 2 N–H and O–H groups in total. The lowest BCUT2D eigenvalue weighted by Crippen LogP contribution is -2.35. The molecule has 0 bridgehead atoms. The summed E-state index contributed by atoms with van der Waals surface area (Å²) in [5.41, 5.74) is 1.44. The lowest BCUT2D eigenvalue weighted by molar-refractivity contribution is -0.115. The summed E-state index contributed by atoms with van der Waals surface area (Å²) >= 11 is 0. The maximum atomic E-state index is 12.7. The molecule has 0 aromatic heterocycles. The number of carbonyl (C=O) groups is 2. The molecule has 0 saturated carbocycles. The van der Waals surface area contributed by atoms with Gasteiger partial charge in [-0.25, -0.2) is 8.42 Å². The maximum Gasteiger partial charge on any atom is 0.255 e. The molecule has 2 amide bonds. The monoisotopic (exact) mass is 415 g/mol. The van der Waals surface area contributed by atoms with Gasteiger partial charge >= 0.3 is 0 Å². The molecule has 1 fully saturated rings. The fraction of sp³-hybridized carbons (Fsp3) is 0.333. The third kappa shape index (κ3) is 5.21. The number of piperidine rings is 1. The number of sulfonamides is 1. The molecule has 2 aromatic rings. The van der Waals surface area contributed by atoms with E-state index in [9.17, 15) is 18.0 Å². The Labute approximate surface area is 171 Å². The van der Waals surface area contributed by atoms with Crippen molar-refractivity contribution in [3.63, 3.8) is 0 Å². The van der Waals surface area contributed by atoms with Crippen LogP contribution >= 0.6 is 0 Å². The molecular formula is C21H25N3O4S. The highest BCUT2D eigenvalue weighted by Gasteiger charge is 2.25. The van der Waals surface area contributed by atoms with E-state index in [4.69, 9.17) is 0 Å². The third-order valence-electron chi connectivity index (χ3n) is 4.79. The summed E-state index contributed by atoms with van der Waals surface area (Å²) in [7, 11) is -3.50. The standard InChI is InChI=1S/C21H25N3O4S/c1-2-20(25)22-18-8-6-7-16(15-18)21(26)23-17-9-11-19(12-10-17)29(27,28)24-13-4-3-5-14-24/h6-12,15H,2-5,13-14H2,1H3,(H,22,25)(H,23,26). The van der Waals surface area contributed by atoms with E-state index < -0.39 is 10.0 Å². The van der Waals surface area contributed by atoms with E-state index in [1.807, 2.05) is 0 Å². The van der Waals surface area contributed by atoms with E-state index in [0.717, 1.165) is 19.3 Å². The molecule has 1 heterocycles. The van der Waals surface area contributed by atoms with Crippen LogP contribution in [-0.4, -0.2) is 37.6 Å². The number of hydrogen-bond acceptors (Lipinski definition) is 4. The van der Waals surface area contributed by atoms with Crippen molar-refractivity contribution >= 4 is 33.2 Å². The Morgan fingerprint density at radius 1 is 0.931 bits per heavy atom. The van der Waals surface area contributed by atoms with Crippen LogP contribution in [0, 0.1) is 0 Å². The number of rotatable bonds is 6.